The number of aldehydes is 1. The molecule has 1 atom stereocenters. The Bertz CT molecular complexity index is 199. The Balaban J connectivity index is 3.74. The molecule has 0 aromatic rings. The molecule has 0 saturated heterocycles. The van der Waals surface area contributed by atoms with Gasteiger partial charge >= 0.3 is 5.97 Å². The van der Waals surface area contributed by atoms with Gasteiger partial charge < -0.3 is 10.5 Å². The van der Waals surface area contributed by atoms with E-state index < -0.39 is 12.0 Å². The van der Waals surface area contributed by atoms with Gasteiger partial charge in [0.15, 0.2) is 0 Å². The normalized spacial score (nSPS) is 13.2. The second-order valence-corrected chi connectivity index (χ2v) is 2.96. The molecular weight excluding hydrogens is 170 g/mol. The Kier molecular flexibility index (Phi) is 5.80. The van der Waals surface area contributed by atoms with Crippen molar-refractivity contribution in [2.45, 2.75) is 19.9 Å². The number of ether oxygens (including phenoxy) is 1. The first kappa shape index (κ1) is 11.8. The molecule has 0 fully saturated rings. The molecule has 4 heteroatoms. The summed E-state index contributed by atoms with van der Waals surface area (Å²) in [4.78, 5) is 20.9. The Labute approximate surface area is 77.7 Å². The van der Waals surface area contributed by atoms with Crippen molar-refractivity contribution in [1.82, 2.24) is 0 Å². The van der Waals surface area contributed by atoms with Gasteiger partial charge in [0.1, 0.15) is 18.9 Å². The lowest BCUT2D eigenvalue weighted by molar-refractivity contribution is -0.145. The van der Waals surface area contributed by atoms with Crippen LogP contribution in [0.3, 0.4) is 0 Å². The molecule has 13 heavy (non-hydrogen) atoms. The number of hydrogen-bond acceptors (Lipinski definition) is 4. The van der Waals surface area contributed by atoms with E-state index in [0.717, 1.165) is 0 Å². The van der Waals surface area contributed by atoms with E-state index in [0.29, 0.717) is 6.29 Å². The highest BCUT2D eigenvalue weighted by Gasteiger charge is 2.17. The Hall–Kier alpha value is -1.16. The van der Waals surface area contributed by atoms with Crippen molar-refractivity contribution in [1.29, 1.82) is 0 Å². The van der Waals surface area contributed by atoms with E-state index in [4.69, 9.17) is 10.5 Å². The SMILES string of the molecule is CC(C)[C@H](N)C(=O)OC/C=C\C=O. The van der Waals surface area contributed by atoms with Crippen molar-refractivity contribution in [2.24, 2.45) is 11.7 Å². The first-order chi connectivity index (χ1) is 6.09. The molecule has 0 spiro atoms. The van der Waals surface area contributed by atoms with Gasteiger partial charge in [-0.3, -0.25) is 9.59 Å². The third kappa shape index (κ3) is 5.14. The average Bonchev–Trinajstić information content (AvgIpc) is 2.10. The summed E-state index contributed by atoms with van der Waals surface area (Å²) in [5, 5.41) is 0. The number of carbonyl (C=O) groups excluding carboxylic acids is 2. The minimum Gasteiger partial charge on any atom is -0.460 e. The van der Waals surface area contributed by atoms with Gasteiger partial charge in [-0.05, 0) is 18.1 Å². The van der Waals surface area contributed by atoms with Crippen LogP contribution in [0.5, 0.6) is 0 Å². The maximum Gasteiger partial charge on any atom is 0.323 e. The van der Waals surface area contributed by atoms with Gasteiger partial charge in [0.25, 0.3) is 0 Å². The molecule has 0 aliphatic heterocycles. The summed E-state index contributed by atoms with van der Waals surface area (Å²) in [7, 11) is 0. The van der Waals surface area contributed by atoms with Gasteiger partial charge in [0, 0.05) is 0 Å². The smallest absolute Gasteiger partial charge is 0.323 e. The van der Waals surface area contributed by atoms with E-state index in [1.165, 1.54) is 12.2 Å². The molecule has 0 heterocycles. The maximum absolute atomic E-state index is 11.1. The molecule has 0 aromatic heterocycles. The number of nitrogens with two attached hydrogens (primary N) is 1. The molecule has 0 radical (unpaired) electrons. The number of carbonyl (C=O) groups is 2. The number of rotatable bonds is 5. The lowest BCUT2D eigenvalue weighted by atomic mass is 10.1. The number of allylic oxidation sites excluding steroid dienone is 1. The fraction of sp³-hybridized carbons (Fsp3) is 0.556. The predicted octanol–water partition coefficient (Wildman–Crippen LogP) is 0.268. The van der Waals surface area contributed by atoms with Gasteiger partial charge in [-0.1, -0.05) is 13.8 Å². The Morgan fingerprint density at radius 2 is 2.15 bits per heavy atom. The molecular formula is C9H15NO3. The van der Waals surface area contributed by atoms with Crippen LogP contribution in [-0.2, 0) is 14.3 Å². The maximum atomic E-state index is 11.1. The van der Waals surface area contributed by atoms with E-state index in [1.54, 1.807) is 0 Å². The van der Waals surface area contributed by atoms with Crippen molar-refractivity contribution in [3.63, 3.8) is 0 Å². The topological polar surface area (TPSA) is 69.4 Å². The molecule has 74 valence electrons. The van der Waals surface area contributed by atoms with E-state index in [9.17, 15) is 9.59 Å². The summed E-state index contributed by atoms with van der Waals surface area (Å²) < 4.78 is 4.76. The average molecular weight is 185 g/mol. The van der Waals surface area contributed by atoms with Gasteiger partial charge in [0.05, 0.1) is 0 Å². The first-order valence-corrected chi connectivity index (χ1v) is 4.12. The molecule has 0 amide bonds. The summed E-state index contributed by atoms with van der Waals surface area (Å²) in [5.74, 6) is -0.381. The summed E-state index contributed by atoms with van der Waals surface area (Å²) in [6.45, 7) is 3.78. The molecule has 4 nitrogen and oxygen atoms in total. The first-order valence-electron chi connectivity index (χ1n) is 4.12. The van der Waals surface area contributed by atoms with Crippen LogP contribution in [0.4, 0.5) is 0 Å². The summed E-state index contributed by atoms with van der Waals surface area (Å²) in [6.07, 6.45) is 3.35. The van der Waals surface area contributed by atoms with Gasteiger partial charge in [0.2, 0.25) is 0 Å². The van der Waals surface area contributed by atoms with E-state index in [-0.39, 0.29) is 12.5 Å². The van der Waals surface area contributed by atoms with Crippen LogP contribution in [-0.4, -0.2) is 24.9 Å². The second-order valence-electron chi connectivity index (χ2n) is 2.96. The van der Waals surface area contributed by atoms with Gasteiger partial charge in [-0.25, -0.2) is 0 Å². The van der Waals surface area contributed by atoms with Gasteiger partial charge in [-0.2, -0.15) is 0 Å². The third-order valence-electron chi connectivity index (χ3n) is 1.53. The van der Waals surface area contributed by atoms with Crippen LogP contribution < -0.4 is 5.73 Å². The monoisotopic (exact) mass is 185 g/mol. The molecule has 0 aliphatic rings. The van der Waals surface area contributed by atoms with E-state index >= 15 is 0 Å². The minimum absolute atomic E-state index is 0.0579. The Morgan fingerprint density at radius 3 is 2.62 bits per heavy atom. The Morgan fingerprint density at radius 1 is 1.54 bits per heavy atom. The highest BCUT2D eigenvalue weighted by Crippen LogP contribution is 2.00. The van der Waals surface area contributed by atoms with Crippen LogP contribution in [0.2, 0.25) is 0 Å². The van der Waals surface area contributed by atoms with Crippen molar-refractivity contribution < 1.29 is 14.3 Å². The highest BCUT2D eigenvalue weighted by molar-refractivity contribution is 5.75. The number of esters is 1. The fourth-order valence-corrected chi connectivity index (χ4v) is 0.610. The van der Waals surface area contributed by atoms with Crippen LogP contribution >= 0.6 is 0 Å². The predicted molar refractivity (Wildman–Crippen MR) is 49.0 cm³/mol. The minimum atomic E-state index is -0.593. The highest BCUT2D eigenvalue weighted by atomic mass is 16.5. The molecule has 0 unspecified atom stereocenters. The summed E-state index contributed by atoms with van der Waals surface area (Å²) in [6, 6.07) is -0.593. The van der Waals surface area contributed by atoms with E-state index in [2.05, 4.69) is 0 Å². The summed E-state index contributed by atoms with van der Waals surface area (Å²) in [5.41, 5.74) is 5.51. The lowest BCUT2D eigenvalue weighted by Gasteiger charge is -2.13. The van der Waals surface area contributed by atoms with Crippen LogP contribution in [0.15, 0.2) is 12.2 Å². The molecule has 0 aliphatic carbocycles. The van der Waals surface area contributed by atoms with E-state index in [1.807, 2.05) is 13.8 Å². The van der Waals surface area contributed by atoms with Crippen molar-refractivity contribution in [3.8, 4) is 0 Å². The van der Waals surface area contributed by atoms with Gasteiger partial charge in [-0.15, -0.1) is 0 Å². The van der Waals surface area contributed by atoms with Crippen molar-refractivity contribution >= 4 is 12.3 Å². The van der Waals surface area contributed by atoms with Crippen LogP contribution in [0.25, 0.3) is 0 Å². The second kappa shape index (κ2) is 6.37. The standard InChI is InChI=1S/C9H15NO3/c1-7(2)8(10)9(12)13-6-4-3-5-11/h3-5,7-8H,6,10H2,1-2H3/b4-3-/t8-/m0/s1. The summed E-state index contributed by atoms with van der Waals surface area (Å²) >= 11 is 0. The molecule has 0 bridgehead atoms. The zero-order chi connectivity index (χ0) is 10.3. The van der Waals surface area contributed by atoms with Crippen LogP contribution in [0.1, 0.15) is 13.8 Å². The molecule has 0 saturated carbocycles. The zero-order valence-corrected chi connectivity index (χ0v) is 7.90. The zero-order valence-electron chi connectivity index (χ0n) is 7.90. The van der Waals surface area contributed by atoms with Crippen LogP contribution in [0, 0.1) is 5.92 Å². The quantitative estimate of drug-likeness (QED) is 0.379. The third-order valence-corrected chi connectivity index (χ3v) is 1.53. The van der Waals surface area contributed by atoms with Crippen molar-refractivity contribution in [3.05, 3.63) is 12.2 Å². The largest absolute Gasteiger partial charge is 0.460 e. The molecule has 0 aromatic carbocycles. The molecule has 0 rings (SSSR count). The lowest BCUT2D eigenvalue weighted by Crippen LogP contribution is -2.37. The fourth-order valence-electron chi connectivity index (χ4n) is 0.610. The number of hydrogen-bond donors (Lipinski definition) is 1. The van der Waals surface area contributed by atoms with Crippen molar-refractivity contribution in [2.75, 3.05) is 6.61 Å². The molecule has 2 N–H and O–H groups in total.